The van der Waals surface area contributed by atoms with Crippen LogP contribution < -0.4 is 5.32 Å². The molecular weight excluding hydrogens is 471 g/mol. The molecule has 8 nitrogen and oxygen atoms in total. The molecule has 0 fully saturated rings. The van der Waals surface area contributed by atoms with Crippen LogP contribution in [-0.2, 0) is 21.0 Å². The van der Waals surface area contributed by atoms with Crippen molar-refractivity contribution >= 4 is 39.1 Å². The van der Waals surface area contributed by atoms with Crippen molar-refractivity contribution in [3.63, 3.8) is 0 Å². The Labute approximate surface area is 187 Å². The van der Waals surface area contributed by atoms with E-state index in [1.165, 1.54) is 28.6 Å². The van der Waals surface area contributed by atoms with Gasteiger partial charge in [-0.1, -0.05) is 19.9 Å². The highest BCUT2D eigenvalue weighted by Crippen LogP contribution is 2.36. The summed E-state index contributed by atoms with van der Waals surface area (Å²) < 4.78 is 64.8. The average Bonchev–Trinajstić information content (AvgIpc) is 2.72. The predicted octanol–water partition coefficient (Wildman–Crippen LogP) is 4.37. The van der Waals surface area contributed by atoms with Crippen LogP contribution in [0.3, 0.4) is 0 Å². The quantitative estimate of drug-likeness (QED) is 0.317. The number of hydrogen-bond acceptors (Lipinski definition) is 6. The number of halogens is 3. The molecule has 0 atom stereocenters. The van der Waals surface area contributed by atoms with Crippen molar-refractivity contribution in [2.24, 2.45) is 0 Å². The maximum Gasteiger partial charge on any atom is 0.416 e. The van der Waals surface area contributed by atoms with Gasteiger partial charge in [0.25, 0.3) is 5.69 Å². The van der Waals surface area contributed by atoms with Crippen LogP contribution in [0, 0.1) is 10.1 Å². The highest BCUT2D eigenvalue weighted by Gasteiger charge is 2.33. The van der Waals surface area contributed by atoms with Crippen molar-refractivity contribution in [2.45, 2.75) is 29.8 Å². The lowest BCUT2D eigenvalue weighted by Crippen LogP contribution is -2.30. The van der Waals surface area contributed by atoms with E-state index in [4.69, 9.17) is 0 Å². The molecular formula is C19H20F3N3O5S2. The number of carbonyl (C=O) groups excluding carboxylic acids is 1. The fraction of sp³-hybridized carbons (Fsp3) is 0.316. The van der Waals surface area contributed by atoms with Gasteiger partial charge in [-0.05, 0) is 30.3 Å². The molecule has 0 aliphatic rings. The third-order valence-electron chi connectivity index (χ3n) is 4.30. The number of nitrogens with zero attached hydrogens (tertiary/aromatic N) is 2. The minimum Gasteiger partial charge on any atom is -0.325 e. The molecule has 1 amide bonds. The van der Waals surface area contributed by atoms with E-state index in [9.17, 15) is 36.5 Å². The Morgan fingerprint density at radius 1 is 1.16 bits per heavy atom. The molecule has 2 aromatic carbocycles. The molecule has 0 aromatic heterocycles. The summed E-state index contributed by atoms with van der Waals surface area (Å²) >= 11 is 0.696. The number of benzene rings is 2. The minimum atomic E-state index is -4.73. The van der Waals surface area contributed by atoms with Crippen LogP contribution in [0.2, 0.25) is 0 Å². The smallest absolute Gasteiger partial charge is 0.325 e. The molecule has 0 unspecified atom stereocenters. The van der Waals surface area contributed by atoms with Crippen LogP contribution in [0.1, 0.15) is 19.4 Å². The topological polar surface area (TPSA) is 110 Å². The highest BCUT2D eigenvalue weighted by atomic mass is 32.2. The number of amides is 1. The first-order valence-electron chi connectivity index (χ1n) is 9.28. The van der Waals surface area contributed by atoms with E-state index in [1.54, 1.807) is 13.8 Å². The van der Waals surface area contributed by atoms with E-state index in [2.05, 4.69) is 5.32 Å². The van der Waals surface area contributed by atoms with E-state index in [0.717, 1.165) is 6.07 Å². The number of alkyl halides is 3. The summed E-state index contributed by atoms with van der Waals surface area (Å²) in [6.45, 7) is 3.95. The number of hydrogen-bond donors (Lipinski definition) is 1. The third kappa shape index (κ3) is 6.20. The number of carbonyl (C=O) groups is 1. The maximum absolute atomic E-state index is 12.8. The minimum absolute atomic E-state index is 0.00923. The summed E-state index contributed by atoms with van der Waals surface area (Å²) in [7, 11) is -3.74. The molecule has 0 aliphatic carbocycles. The highest BCUT2D eigenvalue weighted by molar-refractivity contribution is 8.00. The first kappa shape index (κ1) is 25.6. The van der Waals surface area contributed by atoms with Gasteiger partial charge in [-0.3, -0.25) is 14.9 Å². The van der Waals surface area contributed by atoms with E-state index < -0.39 is 38.3 Å². The Hall–Kier alpha value is -2.64. The van der Waals surface area contributed by atoms with Crippen LogP contribution in [0.25, 0.3) is 0 Å². The van der Waals surface area contributed by atoms with Gasteiger partial charge < -0.3 is 5.32 Å². The lowest BCUT2D eigenvalue weighted by molar-refractivity contribution is -0.388. The number of sulfonamides is 1. The van der Waals surface area contributed by atoms with E-state index in [-0.39, 0.29) is 34.3 Å². The summed E-state index contributed by atoms with van der Waals surface area (Å²) in [5, 5.41) is 13.6. The Kier molecular flexibility index (Phi) is 8.26. The van der Waals surface area contributed by atoms with Crippen LogP contribution >= 0.6 is 11.8 Å². The predicted molar refractivity (Wildman–Crippen MR) is 114 cm³/mol. The van der Waals surface area contributed by atoms with Gasteiger partial charge in [0.1, 0.15) is 0 Å². The standard InChI is InChI=1S/C19H20F3N3O5S2/c1-3-24(4-2)32(29,30)15-7-5-6-14(11-15)23-18(26)12-31-17-9-8-13(19(20,21)22)10-16(17)25(27)28/h5-11H,3-4,12H2,1-2H3,(H,23,26). The largest absolute Gasteiger partial charge is 0.416 e. The Balaban J connectivity index is 2.14. The van der Waals surface area contributed by atoms with Gasteiger partial charge in [0.2, 0.25) is 15.9 Å². The molecule has 2 rings (SSSR count). The van der Waals surface area contributed by atoms with Gasteiger partial charge in [-0.25, -0.2) is 8.42 Å². The first-order valence-corrected chi connectivity index (χ1v) is 11.7. The summed E-state index contributed by atoms with van der Waals surface area (Å²) in [5.74, 6) is -0.944. The summed E-state index contributed by atoms with van der Waals surface area (Å²) in [4.78, 5) is 22.3. The van der Waals surface area contributed by atoms with Crippen molar-refractivity contribution in [1.29, 1.82) is 0 Å². The molecule has 13 heteroatoms. The third-order valence-corrected chi connectivity index (χ3v) is 7.41. The molecule has 174 valence electrons. The zero-order valence-electron chi connectivity index (χ0n) is 17.0. The molecule has 0 spiro atoms. The molecule has 32 heavy (non-hydrogen) atoms. The second kappa shape index (κ2) is 10.3. The molecule has 0 bridgehead atoms. The van der Waals surface area contributed by atoms with Gasteiger partial charge >= 0.3 is 6.18 Å². The Bertz CT molecular complexity index is 1100. The molecule has 0 saturated heterocycles. The van der Waals surface area contributed by atoms with Crippen LogP contribution in [0.5, 0.6) is 0 Å². The van der Waals surface area contributed by atoms with Crippen molar-refractivity contribution in [2.75, 3.05) is 24.2 Å². The number of thioether (sulfide) groups is 1. The second-order valence-corrected chi connectivity index (χ2v) is 9.35. The van der Waals surface area contributed by atoms with Crippen LogP contribution in [-0.4, -0.2) is 42.4 Å². The van der Waals surface area contributed by atoms with Gasteiger partial charge in [-0.2, -0.15) is 17.5 Å². The van der Waals surface area contributed by atoms with Crippen molar-refractivity contribution in [3.05, 3.63) is 58.1 Å². The van der Waals surface area contributed by atoms with Gasteiger partial charge in [0.15, 0.2) is 0 Å². The Morgan fingerprint density at radius 3 is 2.38 bits per heavy atom. The number of nitrogens with one attached hydrogen (secondary N) is 1. The monoisotopic (exact) mass is 491 g/mol. The zero-order chi connectivity index (χ0) is 24.1. The van der Waals surface area contributed by atoms with Gasteiger partial charge in [0.05, 0.1) is 26.0 Å². The first-order chi connectivity index (χ1) is 14.9. The van der Waals surface area contributed by atoms with Crippen LogP contribution in [0.4, 0.5) is 24.5 Å². The van der Waals surface area contributed by atoms with E-state index >= 15 is 0 Å². The molecule has 0 heterocycles. The molecule has 0 aliphatic heterocycles. The fourth-order valence-electron chi connectivity index (χ4n) is 2.75. The summed E-state index contributed by atoms with van der Waals surface area (Å²) in [5.41, 5.74) is -1.72. The molecule has 0 radical (unpaired) electrons. The fourth-order valence-corrected chi connectivity index (χ4v) is 5.05. The van der Waals surface area contributed by atoms with Crippen LogP contribution in [0.15, 0.2) is 52.3 Å². The maximum atomic E-state index is 12.8. The van der Waals surface area contributed by atoms with Crippen molar-refractivity contribution in [1.82, 2.24) is 4.31 Å². The number of anilines is 1. The van der Waals surface area contributed by atoms with Crippen molar-refractivity contribution < 1.29 is 31.3 Å². The lowest BCUT2D eigenvalue weighted by Gasteiger charge is -2.18. The van der Waals surface area contributed by atoms with Crippen molar-refractivity contribution in [3.8, 4) is 0 Å². The van der Waals surface area contributed by atoms with E-state index in [0.29, 0.717) is 23.9 Å². The SMILES string of the molecule is CCN(CC)S(=O)(=O)c1cccc(NC(=O)CSc2ccc(C(F)(F)F)cc2[N+](=O)[O-])c1. The molecule has 1 N–H and O–H groups in total. The summed E-state index contributed by atoms with van der Waals surface area (Å²) in [6.07, 6.45) is -4.73. The normalized spacial score (nSPS) is 12.1. The summed E-state index contributed by atoms with van der Waals surface area (Å²) in [6, 6.07) is 7.68. The number of nitro benzene ring substituents is 1. The zero-order valence-corrected chi connectivity index (χ0v) is 18.7. The number of rotatable bonds is 9. The lowest BCUT2D eigenvalue weighted by atomic mass is 10.2. The molecule has 2 aromatic rings. The van der Waals surface area contributed by atoms with Gasteiger partial charge in [-0.15, -0.1) is 11.8 Å². The second-order valence-electron chi connectivity index (χ2n) is 6.39. The average molecular weight is 492 g/mol. The van der Waals surface area contributed by atoms with E-state index in [1.807, 2.05) is 0 Å². The molecule has 0 saturated carbocycles. The Morgan fingerprint density at radius 2 is 1.81 bits per heavy atom. The van der Waals surface area contributed by atoms with Gasteiger partial charge in [0, 0.05) is 24.8 Å². The number of nitro groups is 1.